The molecule has 3 amide bonds. The van der Waals surface area contributed by atoms with Crippen molar-refractivity contribution >= 4 is 18.0 Å². The lowest BCUT2D eigenvalue weighted by atomic mass is 10.1. The van der Waals surface area contributed by atoms with Gasteiger partial charge in [-0.2, -0.15) is 0 Å². The van der Waals surface area contributed by atoms with Gasteiger partial charge in [0.05, 0.1) is 0 Å². The smallest absolute Gasteiger partial charge is 0.329 e. The maximum Gasteiger partial charge on any atom is 0.329 e. The Hall–Kier alpha value is -2.82. The molecule has 26 heavy (non-hydrogen) atoms. The van der Waals surface area contributed by atoms with E-state index in [0.29, 0.717) is 5.76 Å². The molecule has 1 N–H and O–H groups in total. The van der Waals surface area contributed by atoms with Gasteiger partial charge in [-0.25, -0.2) is 4.79 Å². The molecule has 0 spiro atoms. The zero-order valence-corrected chi connectivity index (χ0v) is 14.6. The van der Waals surface area contributed by atoms with Gasteiger partial charge in [-0.1, -0.05) is 56.0 Å². The van der Waals surface area contributed by atoms with Gasteiger partial charge in [0.2, 0.25) is 0 Å². The SMILES string of the molecule is O=C1NC(=Cc2ccc(-c3ccccc3)o2)C(=O)N1C1CCCCCC1. The Morgan fingerprint density at radius 2 is 1.69 bits per heavy atom. The van der Waals surface area contributed by atoms with Crippen molar-refractivity contribution in [2.75, 3.05) is 0 Å². The molecule has 2 aromatic rings. The van der Waals surface area contributed by atoms with Crippen molar-refractivity contribution in [1.82, 2.24) is 10.2 Å². The number of urea groups is 1. The molecule has 1 aliphatic carbocycles. The van der Waals surface area contributed by atoms with Crippen molar-refractivity contribution in [3.8, 4) is 11.3 Å². The largest absolute Gasteiger partial charge is 0.457 e. The highest BCUT2D eigenvalue weighted by Gasteiger charge is 2.38. The maximum absolute atomic E-state index is 12.7. The Kier molecular flexibility index (Phi) is 4.61. The van der Waals surface area contributed by atoms with Gasteiger partial charge < -0.3 is 9.73 Å². The Balaban J connectivity index is 1.54. The van der Waals surface area contributed by atoms with E-state index in [2.05, 4.69) is 5.32 Å². The van der Waals surface area contributed by atoms with E-state index in [1.165, 1.54) is 17.7 Å². The van der Waals surface area contributed by atoms with Crippen molar-refractivity contribution in [2.24, 2.45) is 0 Å². The molecule has 2 aliphatic rings. The number of hydrogen-bond acceptors (Lipinski definition) is 3. The second-order valence-electron chi connectivity index (χ2n) is 6.88. The third-order valence-corrected chi connectivity index (χ3v) is 5.07. The number of nitrogens with zero attached hydrogens (tertiary/aromatic N) is 1. The van der Waals surface area contributed by atoms with Gasteiger partial charge in [0.15, 0.2) is 0 Å². The van der Waals surface area contributed by atoms with Crippen LogP contribution in [0.4, 0.5) is 4.79 Å². The predicted octanol–water partition coefficient (Wildman–Crippen LogP) is 4.56. The zero-order valence-electron chi connectivity index (χ0n) is 14.6. The summed E-state index contributed by atoms with van der Waals surface area (Å²) in [6, 6.07) is 13.1. The number of furan rings is 1. The van der Waals surface area contributed by atoms with Gasteiger partial charge in [0.1, 0.15) is 17.2 Å². The molecule has 4 rings (SSSR count). The highest BCUT2D eigenvalue weighted by molar-refractivity contribution is 6.14. The fourth-order valence-electron chi connectivity index (χ4n) is 3.73. The molecule has 2 fully saturated rings. The maximum atomic E-state index is 12.7. The van der Waals surface area contributed by atoms with E-state index >= 15 is 0 Å². The number of carbonyl (C=O) groups is 2. The van der Waals surface area contributed by atoms with Crippen molar-refractivity contribution in [3.63, 3.8) is 0 Å². The van der Waals surface area contributed by atoms with E-state index in [1.807, 2.05) is 42.5 Å². The molecule has 0 radical (unpaired) electrons. The van der Waals surface area contributed by atoms with Crippen LogP contribution in [-0.4, -0.2) is 22.9 Å². The summed E-state index contributed by atoms with van der Waals surface area (Å²) in [5.74, 6) is 1.03. The number of carbonyl (C=O) groups excluding carboxylic acids is 2. The molecule has 0 atom stereocenters. The van der Waals surface area contributed by atoms with Crippen LogP contribution in [0.15, 0.2) is 52.6 Å². The molecule has 1 aromatic heterocycles. The van der Waals surface area contributed by atoms with Crippen LogP contribution in [-0.2, 0) is 4.79 Å². The van der Waals surface area contributed by atoms with Crippen LogP contribution < -0.4 is 5.32 Å². The molecule has 1 aliphatic heterocycles. The average molecular weight is 350 g/mol. The van der Waals surface area contributed by atoms with Crippen molar-refractivity contribution in [3.05, 3.63) is 53.9 Å². The van der Waals surface area contributed by atoms with Crippen molar-refractivity contribution in [1.29, 1.82) is 0 Å². The van der Waals surface area contributed by atoms with Gasteiger partial charge in [0, 0.05) is 17.7 Å². The first-order valence-electron chi connectivity index (χ1n) is 9.24. The molecule has 5 nitrogen and oxygen atoms in total. The summed E-state index contributed by atoms with van der Waals surface area (Å²) in [6.07, 6.45) is 7.90. The number of nitrogens with one attached hydrogen (secondary N) is 1. The summed E-state index contributed by atoms with van der Waals surface area (Å²) >= 11 is 0. The lowest BCUT2D eigenvalue weighted by Crippen LogP contribution is -2.40. The third-order valence-electron chi connectivity index (χ3n) is 5.07. The number of hydrogen-bond donors (Lipinski definition) is 1. The first-order chi connectivity index (χ1) is 12.7. The second kappa shape index (κ2) is 7.20. The third kappa shape index (κ3) is 3.29. The van der Waals surface area contributed by atoms with E-state index < -0.39 is 0 Å². The first kappa shape index (κ1) is 16.6. The van der Waals surface area contributed by atoms with E-state index in [1.54, 1.807) is 6.08 Å². The quantitative estimate of drug-likeness (QED) is 0.501. The van der Waals surface area contributed by atoms with E-state index in [0.717, 1.165) is 37.0 Å². The zero-order chi connectivity index (χ0) is 17.9. The minimum atomic E-state index is -0.317. The summed E-state index contributed by atoms with van der Waals surface area (Å²) < 4.78 is 5.82. The molecule has 0 unspecified atom stereocenters. The van der Waals surface area contributed by atoms with Crippen molar-refractivity contribution < 1.29 is 14.0 Å². The van der Waals surface area contributed by atoms with Crippen molar-refractivity contribution in [2.45, 2.75) is 44.6 Å². The van der Waals surface area contributed by atoms with Gasteiger partial charge in [0.25, 0.3) is 5.91 Å². The van der Waals surface area contributed by atoms with Crippen LogP contribution in [0.3, 0.4) is 0 Å². The molecular formula is C21H22N2O3. The van der Waals surface area contributed by atoms with Gasteiger partial charge in [-0.05, 0) is 25.0 Å². The molecule has 0 bridgehead atoms. The molecule has 1 saturated heterocycles. The predicted molar refractivity (Wildman–Crippen MR) is 99.0 cm³/mol. The molecule has 1 aromatic carbocycles. The molecule has 2 heterocycles. The van der Waals surface area contributed by atoms with Gasteiger partial charge in [-0.3, -0.25) is 9.69 Å². The van der Waals surface area contributed by atoms with Crippen LogP contribution in [0.25, 0.3) is 17.4 Å². The summed E-state index contributed by atoms with van der Waals surface area (Å²) in [7, 11) is 0. The van der Waals surface area contributed by atoms with Crippen LogP contribution in [0.1, 0.15) is 44.3 Å². The lowest BCUT2D eigenvalue weighted by molar-refractivity contribution is -0.124. The Morgan fingerprint density at radius 1 is 0.962 bits per heavy atom. The Morgan fingerprint density at radius 3 is 2.42 bits per heavy atom. The van der Waals surface area contributed by atoms with Gasteiger partial charge in [-0.15, -0.1) is 0 Å². The fraction of sp³-hybridized carbons (Fsp3) is 0.333. The fourth-order valence-corrected chi connectivity index (χ4v) is 3.73. The molecule has 134 valence electrons. The first-order valence-corrected chi connectivity index (χ1v) is 9.24. The van der Waals surface area contributed by atoms with E-state index in [4.69, 9.17) is 4.42 Å². The van der Waals surface area contributed by atoms with Crippen LogP contribution in [0.5, 0.6) is 0 Å². The van der Waals surface area contributed by atoms with Crippen LogP contribution >= 0.6 is 0 Å². The minimum Gasteiger partial charge on any atom is -0.457 e. The lowest BCUT2D eigenvalue weighted by Gasteiger charge is -2.23. The summed E-state index contributed by atoms with van der Waals surface area (Å²) in [5.41, 5.74) is 1.26. The summed E-state index contributed by atoms with van der Waals surface area (Å²) in [5, 5.41) is 2.71. The monoisotopic (exact) mass is 350 g/mol. The number of amides is 3. The minimum absolute atomic E-state index is 0.00683. The van der Waals surface area contributed by atoms with Crippen LogP contribution in [0.2, 0.25) is 0 Å². The van der Waals surface area contributed by atoms with Crippen LogP contribution in [0, 0.1) is 0 Å². The Labute approximate surface area is 152 Å². The standard InChI is InChI=1S/C21H22N2O3/c24-20-18(22-21(25)23(20)16-10-6-1-2-7-11-16)14-17-12-13-19(26-17)15-8-4-3-5-9-15/h3-5,8-9,12-14,16H,1-2,6-7,10-11H2,(H,22,25). The number of imide groups is 1. The number of rotatable bonds is 3. The highest BCUT2D eigenvalue weighted by Crippen LogP contribution is 2.27. The Bertz CT molecular complexity index is 830. The average Bonchev–Trinajstić information content (AvgIpc) is 3.11. The molecule has 5 heteroatoms. The highest BCUT2D eigenvalue weighted by atomic mass is 16.3. The number of benzene rings is 1. The van der Waals surface area contributed by atoms with E-state index in [9.17, 15) is 9.59 Å². The summed E-state index contributed by atoms with van der Waals surface area (Å²) in [6.45, 7) is 0. The topological polar surface area (TPSA) is 62.6 Å². The molecular weight excluding hydrogens is 328 g/mol. The summed E-state index contributed by atoms with van der Waals surface area (Å²) in [4.78, 5) is 26.5. The normalized spacial score (nSPS) is 20.5. The van der Waals surface area contributed by atoms with E-state index in [-0.39, 0.29) is 23.7 Å². The molecule has 1 saturated carbocycles. The second-order valence-corrected chi connectivity index (χ2v) is 6.88. The van der Waals surface area contributed by atoms with Gasteiger partial charge >= 0.3 is 6.03 Å².